The molecule has 1 N–H and O–H groups in total. The van der Waals surface area contributed by atoms with Gasteiger partial charge >= 0.3 is 0 Å². The Balaban J connectivity index is 1.40. The zero-order chi connectivity index (χ0) is 13.9. The Morgan fingerprint density at radius 3 is 2.75 bits per heavy atom. The van der Waals surface area contributed by atoms with Crippen LogP contribution in [0.2, 0.25) is 0 Å². The summed E-state index contributed by atoms with van der Waals surface area (Å²) in [5.41, 5.74) is 3.04. The maximum absolute atomic E-state index is 3.80. The van der Waals surface area contributed by atoms with Crippen molar-refractivity contribution >= 4 is 0 Å². The number of nitrogens with one attached hydrogen (secondary N) is 1. The van der Waals surface area contributed by atoms with Crippen LogP contribution in [0.15, 0.2) is 24.3 Å². The highest BCUT2D eigenvalue weighted by molar-refractivity contribution is 5.31. The third-order valence-corrected chi connectivity index (χ3v) is 5.28. The van der Waals surface area contributed by atoms with E-state index in [1.807, 2.05) is 0 Å². The molecule has 1 saturated heterocycles. The van der Waals surface area contributed by atoms with Crippen LogP contribution in [-0.2, 0) is 0 Å². The van der Waals surface area contributed by atoms with E-state index in [1.54, 1.807) is 5.56 Å². The van der Waals surface area contributed by atoms with Crippen LogP contribution in [0, 0.1) is 12.8 Å². The highest BCUT2D eigenvalue weighted by atomic mass is 15.1. The zero-order valence-corrected chi connectivity index (χ0v) is 12.9. The van der Waals surface area contributed by atoms with Crippen molar-refractivity contribution < 1.29 is 0 Å². The molecular formula is C18H28N2. The Morgan fingerprint density at radius 1 is 1.25 bits per heavy atom. The van der Waals surface area contributed by atoms with Crippen molar-refractivity contribution in [2.75, 3.05) is 26.2 Å². The predicted octanol–water partition coefficient (Wildman–Crippen LogP) is 3.17. The summed E-state index contributed by atoms with van der Waals surface area (Å²) in [6, 6.07) is 9.64. The molecule has 2 fully saturated rings. The Labute approximate surface area is 123 Å². The predicted molar refractivity (Wildman–Crippen MR) is 85.2 cm³/mol. The molecule has 3 rings (SSSR count). The van der Waals surface area contributed by atoms with Crippen LogP contribution >= 0.6 is 0 Å². The fourth-order valence-corrected chi connectivity index (χ4v) is 3.78. The highest BCUT2D eigenvalue weighted by Gasteiger charge is 2.31. The van der Waals surface area contributed by atoms with Gasteiger partial charge in [0.2, 0.25) is 0 Å². The molecular weight excluding hydrogens is 244 g/mol. The molecule has 1 unspecified atom stereocenters. The van der Waals surface area contributed by atoms with Crippen molar-refractivity contribution in [3.8, 4) is 0 Å². The van der Waals surface area contributed by atoms with Crippen molar-refractivity contribution in [1.82, 2.24) is 10.2 Å². The topological polar surface area (TPSA) is 15.3 Å². The smallest absolute Gasteiger partial charge is 0.00788 e. The second-order valence-electron chi connectivity index (χ2n) is 6.68. The first-order chi connectivity index (χ1) is 9.76. The molecule has 1 aromatic carbocycles. The molecule has 1 heterocycles. The maximum atomic E-state index is 3.80. The molecule has 0 spiro atoms. The van der Waals surface area contributed by atoms with Crippen LogP contribution in [0.5, 0.6) is 0 Å². The fourth-order valence-electron chi connectivity index (χ4n) is 3.78. The van der Waals surface area contributed by atoms with Gasteiger partial charge in [-0.15, -0.1) is 0 Å². The molecule has 0 radical (unpaired) electrons. The van der Waals surface area contributed by atoms with Gasteiger partial charge in [-0.1, -0.05) is 31.2 Å². The molecule has 110 valence electrons. The van der Waals surface area contributed by atoms with Gasteiger partial charge in [0.25, 0.3) is 0 Å². The van der Waals surface area contributed by atoms with E-state index in [9.17, 15) is 0 Å². The third kappa shape index (κ3) is 3.07. The van der Waals surface area contributed by atoms with E-state index >= 15 is 0 Å². The standard InChI is InChI=1S/C18H28N2/c1-3-20-9-8-15(13-20)12-19-17-10-16(11-17)18-7-5-4-6-14(18)2/h4-7,15-17,19H,3,8-13H2,1-2H3. The molecule has 2 aliphatic rings. The van der Waals surface area contributed by atoms with E-state index in [1.165, 1.54) is 51.0 Å². The van der Waals surface area contributed by atoms with Crippen LogP contribution < -0.4 is 5.32 Å². The van der Waals surface area contributed by atoms with Crippen LogP contribution in [0.4, 0.5) is 0 Å². The molecule has 0 aromatic heterocycles. The van der Waals surface area contributed by atoms with E-state index in [4.69, 9.17) is 0 Å². The molecule has 0 bridgehead atoms. The lowest BCUT2D eigenvalue weighted by atomic mass is 9.74. The normalized spacial score (nSPS) is 30.4. The summed E-state index contributed by atoms with van der Waals surface area (Å²) in [6.45, 7) is 9.57. The van der Waals surface area contributed by atoms with Crippen molar-refractivity contribution in [1.29, 1.82) is 0 Å². The number of hydrogen-bond acceptors (Lipinski definition) is 2. The number of nitrogens with zero attached hydrogens (tertiary/aromatic N) is 1. The van der Waals surface area contributed by atoms with Gasteiger partial charge in [-0.25, -0.2) is 0 Å². The van der Waals surface area contributed by atoms with E-state index in [2.05, 4.69) is 48.3 Å². The van der Waals surface area contributed by atoms with Gasteiger partial charge in [0.05, 0.1) is 0 Å². The van der Waals surface area contributed by atoms with Crippen molar-refractivity contribution in [3.63, 3.8) is 0 Å². The Kier molecular flexibility index (Phi) is 4.42. The summed E-state index contributed by atoms with van der Waals surface area (Å²) in [5.74, 6) is 1.68. The maximum Gasteiger partial charge on any atom is 0.00788 e. The monoisotopic (exact) mass is 272 g/mol. The van der Waals surface area contributed by atoms with Crippen LogP contribution in [0.3, 0.4) is 0 Å². The quantitative estimate of drug-likeness (QED) is 0.885. The van der Waals surface area contributed by atoms with E-state index < -0.39 is 0 Å². The SMILES string of the molecule is CCN1CCC(CNC2CC(c3ccccc3C)C2)C1. The molecule has 1 aliphatic carbocycles. The van der Waals surface area contributed by atoms with Crippen molar-refractivity contribution in [3.05, 3.63) is 35.4 Å². The molecule has 1 atom stereocenters. The van der Waals surface area contributed by atoms with Gasteiger partial charge in [0.15, 0.2) is 0 Å². The van der Waals surface area contributed by atoms with Gasteiger partial charge in [0.1, 0.15) is 0 Å². The minimum Gasteiger partial charge on any atom is -0.314 e. The first kappa shape index (κ1) is 14.1. The van der Waals surface area contributed by atoms with Crippen LogP contribution in [0.25, 0.3) is 0 Å². The summed E-state index contributed by atoms with van der Waals surface area (Å²) in [4.78, 5) is 2.57. The number of benzene rings is 1. The van der Waals surface area contributed by atoms with E-state index in [-0.39, 0.29) is 0 Å². The van der Waals surface area contributed by atoms with Gasteiger partial charge in [0, 0.05) is 12.6 Å². The number of likely N-dealkylation sites (tertiary alicyclic amines) is 1. The van der Waals surface area contributed by atoms with E-state index in [0.29, 0.717) is 0 Å². The summed E-state index contributed by atoms with van der Waals surface area (Å²) in [5, 5.41) is 3.80. The molecule has 1 saturated carbocycles. The summed E-state index contributed by atoms with van der Waals surface area (Å²) in [7, 11) is 0. The summed E-state index contributed by atoms with van der Waals surface area (Å²) < 4.78 is 0. The fraction of sp³-hybridized carbons (Fsp3) is 0.667. The Morgan fingerprint density at radius 2 is 2.05 bits per heavy atom. The molecule has 2 nitrogen and oxygen atoms in total. The summed E-state index contributed by atoms with van der Waals surface area (Å²) >= 11 is 0. The highest BCUT2D eigenvalue weighted by Crippen LogP contribution is 2.38. The lowest BCUT2D eigenvalue weighted by Gasteiger charge is -2.37. The number of aryl methyl sites for hydroxylation is 1. The van der Waals surface area contributed by atoms with Crippen molar-refractivity contribution in [2.45, 2.75) is 45.1 Å². The first-order valence-corrected chi connectivity index (χ1v) is 8.27. The van der Waals surface area contributed by atoms with Crippen molar-refractivity contribution in [2.24, 2.45) is 5.92 Å². The molecule has 2 heteroatoms. The van der Waals surface area contributed by atoms with Gasteiger partial charge < -0.3 is 10.2 Å². The number of rotatable bonds is 5. The van der Waals surface area contributed by atoms with Gasteiger partial charge in [-0.05, 0) is 68.8 Å². The average Bonchev–Trinajstić information content (AvgIpc) is 2.87. The largest absolute Gasteiger partial charge is 0.314 e. The average molecular weight is 272 g/mol. The number of hydrogen-bond donors (Lipinski definition) is 1. The lowest BCUT2D eigenvalue weighted by molar-refractivity contribution is 0.271. The van der Waals surface area contributed by atoms with Crippen LogP contribution in [-0.4, -0.2) is 37.1 Å². The molecule has 1 aromatic rings. The second kappa shape index (κ2) is 6.28. The summed E-state index contributed by atoms with van der Waals surface area (Å²) in [6.07, 6.45) is 4.04. The zero-order valence-electron chi connectivity index (χ0n) is 12.9. The molecule has 0 amide bonds. The minimum atomic E-state index is 0.760. The lowest BCUT2D eigenvalue weighted by Crippen LogP contribution is -2.42. The van der Waals surface area contributed by atoms with Crippen LogP contribution in [0.1, 0.15) is 43.2 Å². The second-order valence-corrected chi connectivity index (χ2v) is 6.68. The molecule has 1 aliphatic heterocycles. The van der Waals surface area contributed by atoms with Gasteiger partial charge in [-0.2, -0.15) is 0 Å². The minimum absolute atomic E-state index is 0.760. The Bertz CT molecular complexity index is 437. The van der Waals surface area contributed by atoms with Gasteiger partial charge in [-0.3, -0.25) is 0 Å². The van der Waals surface area contributed by atoms with E-state index in [0.717, 1.165) is 17.9 Å². The molecule has 20 heavy (non-hydrogen) atoms. The first-order valence-electron chi connectivity index (χ1n) is 8.27. The third-order valence-electron chi connectivity index (χ3n) is 5.28. The Hall–Kier alpha value is -0.860.